The lowest BCUT2D eigenvalue weighted by Gasteiger charge is -2.12. The Kier molecular flexibility index (Phi) is 7.67. The van der Waals surface area contributed by atoms with Gasteiger partial charge in [0.25, 0.3) is 0 Å². The number of nitrogens with one attached hydrogen (secondary N) is 2. The zero-order chi connectivity index (χ0) is 19.0. The van der Waals surface area contributed by atoms with Crippen molar-refractivity contribution in [2.75, 3.05) is 26.9 Å². The van der Waals surface area contributed by atoms with Crippen LogP contribution in [0.25, 0.3) is 0 Å². The van der Waals surface area contributed by atoms with Gasteiger partial charge in [-0.15, -0.1) is 0 Å². The Morgan fingerprint density at radius 1 is 1.28 bits per heavy atom. The molecule has 0 saturated carbocycles. The number of carbonyl (C=O) groups is 2. The van der Waals surface area contributed by atoms with Crippen molar-refractivity contribution in [2.45, 2.75) is 6.92 Å². The molecule has 0 spiro atoms. The first-order valence-electron chi connectivity index (χ1n) is 7.22. The van der Waals surface area contributed by atoms with Gasteiger partial charge in [0.1, 0.15) is 23.0 Å². The molecule has 1 aromatic carbocycles. The van der Waals surface area contributed by atoms with E-state index in [9.17, 15) is 18.4 Å². The number of Topliss-reactive ketones (excluding diaryl/α,β-unsaturated/α-hetero) is 1. The summed E-state index contributed by atoms with van der Waals surface area (Å²) in [4.78, 5) is 23.9. The molecule has 0 aliphatic heterocycles. The van der Waals surface area contributed by atoms with Crippen molar-refractivity contribution in [3.05, 3.63) is 46.8 Å². The molecule has 0 aliphatic carbocycles. The maximum atomic E-state index is 13.5. The molecule has 0 radical (unpaired) electrons. The maximum Gasteiger partial charge on any atom is 0.344 e. The second-order valence-corrected chi connectivity index (χ2v) is 4.93. The fourth-order valence-electron chi connectivity index (χ4n) is 1.88. The molecule has 0 amide bonds. The third-order valence-corrected chi connectivity index (χ3v) is 3.05. The number of benzene rings is 1. The first kappa shape index (κ1) is 20.2. The molecular formula is C16H19F2N3O4. The van der Waals surface area contributed by atoms with Crippen LogP contribution in [0.4, 0.5) is 8.78 Å². The number of hydrogen-bond acceptors (Lipinski definition) is 7. The largest absolute Gasteiger partial charge is 0.454 e. The van der Waals surface area contributed by atoms with Crippen molar-refractivity contribution in [3.8, 4) is 0 Å². The normalized spacial score (nSPS) is 11.5. The van der Waals surface area contributed by atoms with Gasteiger partial charge in [0.2, 0.25) is 5.78 Å². The summed E-state index contributed by atoms with van der Waals surface area (Å²) in [5.74, 6) is -4.34. The van der Waals surface area contributed by atoms with Crippen molar-refractivity contribution in [1.29, 1.82) is 5.41 Å². The Labute approximate surface area is 143 Å². The predicted molar refractivity (Wildman–Crippen MR) is 86.1 cm³/mol. The minimum Gasteiger partial charge on any atom is -0.454 e. The van der Waals surface area contributed by atoms with Gasteiger partial charge in [0.05, 0.1) is 12.2 Å². The number of ketones is 1. The number of rotatable bonds is 9. The average molecular weight is 355 g/mol. The third kappa shape index (κ3) is 5.64. The van der Waals surface area contributed by atoms with Gasteiger partial charge in [-0.2, -0.15) is 0 Å². The fourth-order valence-corrected chi connectivity index (χ4v) is 1.88. The van der Waals surface area contributed by atoms with Gasteiger partial charge in [-0.1, -0.05) is 6.07 Å². The summed E-state index contributed by atoms with van der Waals surface area (Å²) in [6.45, 7) is 1.01. The molecule has 0 unspecified atom stereocenters. The van der Waals surface area contributed by atoms with Crippen LogP contribution in [-0.4, -0.2) is 44.3 Å². The van der Waals surface area contributed by atoms with Gasteiger partial charge < -0.3 is 25.9 Å². The number of hydrogen-bond donors (Lipinski definition) is 3. The Morgan fingerprint density at radius 2 is 1.88 bits per heavy atom. The average Bonchev–Trinajstić information content (AvgIpc) is 2.52. The number of halogens is 2. The van der Waals surface area contributed by atoms with Crippen LogP contribution in [0.1, 0.15) is 17.3 Å². The highest BCUT2D eigenvalue weighted by Crippen LogP contribution is 2.13. The van der Waals surface area contributed by atoms with Crippen LogP contribution in [0.15, 0.2) is 29.6 Å². The van der Waals surface area contributed by atoms with Crippen molar-refractivity contribution >= 4 is 17.5 Å². The molecule has 1 aromatic rings. The lowest BCUT2D eigenvalue weighted by Crippen LogP contribution is -2.31. The van der Waals surface area contributed by atoms with E-state index in [0.717, 1.165) is 18.2 Å². The summed E-state index contributed by atoms with van der Waals surface area (Å²) < 4.78 is 36.6. The van der Waals surface area contributed by atoms with Gasteiger partial charge in [-0.25, -0.2) is 13.6 Å². The molecule has 0 aromatic heterocycles. The van der Waals surface area contributed by atoms with E-state index in [4.69, 9.17) is 20.6 Å². The van der Waals surface area contributed by atoms with E-state index in [1.165, 1.54) is 14.0 Å². The van der Waals surface area contributed by atoms with Crippen molar-refractivity contribution < 1.29 is 27.8 Å². The van der Waals surface area contributed by atoms with Crippen LogP contribution < -0.4 is 11.1 Å². The molecule has 0 heterocycles. The molecule has 0 aliphatic rings. The highest BCUT2D eigenvalue weighted by molar-refractivity contribution is 6.18. The Morgan fingerprint density at radius 3 is 2.40 bits per heavy atom. The minimum atomic E-state index is -1.06. The lowest BCUT2D eigenvalue weighted by molar-refractivity contribution is -0.137. The van der Waals surface area contributed by atoms with Gasteiger partial charge in [0, 0.05) is 19.4 Å². The van der Waals surface area contributed by atoms with Crippen LogP contribution in [0, 0.1) is 17.0 Å². The predicted octanol–water partition coefficient (Wildman–Crippen LogP) is 1.14. The second kappa shape index (κ2) is 9.48. The smallest absolute Gasteiger partial charge is 0.344 e. The molecular weight excluding hydrogens is 336 g/mol. The topological polar surface area (TPSA) is 114 Å². The van der Waals surface area contributed by atoms with E-state index in [1.807, 2.05) is 0 Å². The Balaban J connectivity index is 2.83. The minimum absolute atomic E-state index is 0.126. The monoisotopic (exact) mass is 355 g/mol. The molecule has 9 heteroatoms. The van der Waals surface area contributed by atoms with E-state index in [-0.39, 0.29) is 23.7 Å². The summed E-state index contributed by atoms with van der Waals surface area (Å²) >= 11 is 0. The number of nitrogens with two attached hydrogens (primary N) is 1. The number of methoxy groups -OCH3 is 1. The molecule has 7 nitrogen and oxygen atoms in total. The number of ether oxygens (including phenoxy) is 2. The van der Waals surface area contributed by atoms with Gasteiger partial charge >= 0.3 is 5.97 Å². The standard InChI is InChI=1S/C16H19F2N3O4/c1-9(19)13(15(20)21-6-7-24-2)16(23)25-8-12(22)14-10(17)4-3-5-11(14)18/h3-5,19,21H,6-8,20H2,1-2H3/b15-13+,19-9?. The fraction of sp³-hybridized carbons (Fsp3) is 0.312. The van der Waals surface area contributed by atoms with E-state index in [1.54, 1.807) is 0 Å². The molecule has 136 valence electrons. The number of esters is 1. The quantitative estimate of drug-likeness (QED) is 0.201. The summed E-state index contributed by atoms with van der Waals surface area (Å²) in [5, 5.41) is 10.3. The van der Waals surface area contributed by atoms with Crippen LogP contribution in [-0.2, 0) is 14.3 Å². The van der Waals surface area contributed by atoms with Crippen molar-refractivity contribution in [2.24, 2.45) is 5.73 Å². The molecule has 0 bridgehead atoms. The summed E-state index contributed by atoms with van der Waals surface area (Å²) in [6, 6.07) is 2.95. The zero-order valence-electron chi connectivity index (χ0n) is 13.8. The highest BCUT2D eigenvalue weighted by atomic mass is 19.1. The molecule has 4 N–H and O–H groups in total. The van der Waals surface area contributed by atoms with Gasteiger partial charge in [0.15, 0.2) is 6.61 Å². The first-order valence-corrected chi connectivity index (χ1v) is 7.22. The Hall–Kier alpha value is -2.81. The SMILES string of the molecule is COCCN/C(N)=C(\C(C)=N)C(=O)OCC(=O)c1c(F)cccc1F. The van der Waals surface area contributed by atoms with Crippen LogP contribution in [0.2, 0.25) is 0 Å². The van der Waals surface area contributed by atoms with E-state index >= 15 is 0 Å². The third-order valence-electron chi connectivity index (χ3n) is 3.05. The van der Waals surface area contributed by atoms with E-state index < -0.39 is 35.6 Å². The van der Waals surface area contributed by atoms with Crippen molar-refractivity contribution in [1.82, 2.24) is 5.32 Å². The summed E-state index contributed by atoms with van der Waals surface area (Å²) in [6.07, 6.45) is 0. The van der Waals surface area contributed by atoms with Gasteiger partial charge in [-0.3, -0.25) is 4.79 Å². The molecule has 25 heavy (non-hydrogen) atoms. The van der Waals surface area contributed by atoms with E-state index in [2.05, 4.69) is 5.32 Å². The molecule has 0 fully saturated rings. The van der Waals surface area contributed by atoms with Gasteiger partial charge in [-0.05, 0) is 19.1 Å². The van der Waals surface area contributed by atoms with Crippen LogP contribution >= 0.6 is 0 Å². The Bertz CT molecular complexity index is 684. The summed E-state index contributed by atoms with van der Waals surface area (Å²) in [7, 11) is 1.48. The van der Waals surface area contributed by atoms with Crippen LogP contribution in [0.5, 0.6) is 0 Å². The zero-order valence-corrected chi connectivity index (χ0v) is 13.8. The first-order chi connectivity index (χ1) is 11.8. The molecule has 0 atom stereocenters. The highest BCUT2D eigenvalue weighted by Gasteiger charge is 2.22. The number of carbonyl (C=O) groups excluding carboxylic acids is 2. The second-order valence-electron chi connectivity index (χ2n) is 4.93. The van der Waals surface area contributed by atoms with Crippen LogP contribution in [0.3, 0.4) is 0 Å². The molecule has 1 rings (SSSR count). The van der Waals surface area contributed by atoms with Crippen molar-refractivity contribution in [3.63, 3.8) is 0 Å². The molecule has 0 saturated heterocycles. The maximum absolute atomic E-state index is 13.5. The summed E-state index contributed by atoms with van der Waals surface area (Å²) in [5.41, 5.74) is 4.42. The lowest BCUT2D eigenvalue weighted by atomic mass is 10.1. The van der Waals surface area contributed by atoms with E-state index in [0.29, 0.717) is 6.61 Å².